The number of rotatable bonds is 1. The fourth-order valence-corrected chi connectivity index (χ4v) is 2.87. The van der Waals surface area contributed by atoms with Crippen LogP contribution in [0.3, 0.4) is 0 Å². The molecule has 2 heteroatoms. The first-order chi connectivity index (χ1) is 9.83. The minimum Gasteiger partial charge on any atom is -0.361 e. The molecule has 1 aromatic heterocycles. The largest absolute Gasteiger partial charge is 0.361 e. The molecule has 0 amide bonds. The molecule has 96 valence electrons. The number of nitrogens with one attached hydrogen (secondary N) is 1. The van der Waals surface area contributed by atoms with Gasteiger partial charge in [0.15, 0.2) is 5.78 Å². The van der Waals surface area contributed by atoms with Crippen LogP contribution in [-0.4, -0.2) is 10.8 Å². The highest BCUT2D eigenvalue weighted by molar-refractivity contribution is 6.16. The van der Waals surface area contributed by atoms with Crippen LogP contribution in [0.25, 0.3) is 17.0 Å². The van der Waals surface area contributed by atoms with Gasteiger partial charge in [-0.3, -0.25) is 4.79 Å². The summed E-state index contributed by atoms with van der Waals surface area (Å²) in [6.45, 7) is 0. The Morgan fingerprint density at radius 2 is 1.80 bits per heavy atom. The van der Waals surface area contributed by atoms with Crippen molar-refractivity contribution >= 4 is 22.8 Å². The number of H-pyrrole nitrogens is 1. The number of allylic oxidation sites excluding steroid dienone is 1. The molecular weight excluding hydrogens is 246 g/mol. The number of benzene rings is 2. The number of hydrogen-bond acceptors (Lipinski definition) is 1. The lowest BCUT2D eigenvalue weighted by Crippen LogP contribution is -1.94. The van der Waals surface area contributed by atoms with Crippen LogP contribution in [0.4, 0.5) is 0 Å². The standard InChI is InChI=1S/C18H13NO/c20-18-13(9-12-5-1-2-7-16(12)18)10-14-11-19-17-8-4-3-6-15(14)17/h1-8,10-11,19H,9H2/b13-10+. The highest BCUT2D eigenvalue weighted by Gasteiger charge is 2.24. The van der Waals surface area contributed by atoms with Crippen molar-refractivity contribution in [3.63, 3.8) is 0 Å². The van der Waals surface area contributed by atoms with E-state index in [2.05, 4.69) is 11.1 Å². The smallest absolute Gasteiger partial charge is 0.189 e. The minimum atomic E-state index is 0.158. The van der Waals surface area contributed by atoms with Gasteiger partial charge in [0.2, 0.25) is 0 Å². The minimum absolute atomic E-state index is 0.158. The summed E-state index contributed by atoms with van der Waals surface area (Å²) in [4.78, 5) is 15.6. The molecule has 1 N–H and O–H groups in total. The predicted molar refractivity (Wildman–Crippen MR) is 80.8 cm³/mol. The first-order valence-electron chi connectivity index (χ1n) is 6.72. The van der Waals surface area contributed by atoms with Gasteiger partial charge in [-0.2, -0.15) is 0 Å². The monoisotopic (exact) mass is 259 g/mol. The average molecular weight is 259 g/mol. The van der Waals surface area contributed by atoms with Crippen LogP contribution in [-0.2, 0) is 6.42 Å². The van der Waals surface area contributed by atoms with Crippen LogP contribution in [0.2, 0.25) is 0 Å². The van der Waals surface area contributed by atoms with Crippen LogP contribution >= 0.6 is 0 Å². The molecule has 0 saturated heterocycles. The van der Waals surface area contributed by atoms with E-state index in [4.69, 9.17) is 0 Å². The molecule has 0 unspecified atom stereocenters. The molecule has 0 aliphatic heterocycles. The van der Waals surface area contributed by atoms with E-state index in [9.17, 15) is 4.79 Å². The number of hydrogen-bond donors (Lipinski definition) is 1. The van der Waals surface area contributed by atoms with Gasteiger partial charge < -0.3 is 4.98 Å². The quantitative estimate of drug-likeness (QED) is 0.658. The van der Waals surface area contributed by atoms with Crippen molar-refractivity contribution in [1.82, 2.24) is 4.98 Å². The van der Waals surface area contributed by atoms with E-state index in [-0.39, 0.29) is 5.78 Å². The lowest BCUT2D eigenvalue weighted by molar-refractivity contribution is 0.104. The Kier molecular flexibility index (Phi) is 2.36. The zero-order chi connectivity index (χ0) is 13.5. The van der Waals surface area contributed by atoms with Gasteiger partial charge in [0.05, 0.1) is 0 Å². The fraction of sp³-hybridized carbons (Fsp3) is 0.0556. The van der Waals surface area contributed by atoms with Crippen LogP contribution in [0.1, 0.15) is 21.5 Å². The normalized spacial score (nSPS) is 16.0. The third kappa shape index (κ3) is 1.62. The van der Waals surface area contributed by atoms with Gasteiger partial charge in [0.25, 0.3) is 0 Å². The summed E-state index contributed by atoms with van der Waals surface area (Å²) in [6.07, 6.45) is 4.71. The molecule has 0 saturated carbocycles. The maximum Gasteiger partial charge on any atom is 0.189 e. The van der Waals surface area contributed by atoms with Gasteiger partial charge in [-0.25, -0.2) is 0 Å². The molecule has 2 nitrogen and oxygen atoms in total. The van der Waals surface area contributed by atoms with Crippen molar-refractivity contribution in [3.8, 4) is 0 Å². The third-order valence-corrected chi connectivity index (χ3v) is 3.89. The zero-order valence-electron chi connectivity index (χ0n) is 10.9. The molecule has 0 fully saturated rings. The Bertz CT molecular complexity index is 854. The lowest BCUT2D eigenvalue weighted by atomic mass is 10.1. The number of aromatic amines is 1. The summed E-state index contributed by atoms with van der Waals surface area (Å²) in [6, 6.07) is 16.0. The summed E-state index contributed by atoms with van der Waals surface area (Å²) in [5.41, 5.74) is 5.03. The highest BCUT2D eigenvalue weighted by atomic mass is 16.1. The predicted octanol–water partition coefficient (Wildman–Crippen LogP) is 3.99. The second-order valence-corrected chi connectivity index (χ2v) is 5.12. The van der Waals surface area contributed by atoms with Crippen molar-refractivity contribution in [3.05, 3.63) is 77.0 Å². The number of fused-ring (bicyclic) bond motifs is 2. The van der Waals surface area contributed by atoms with E-state index in [0.717, 1.165) is 39.6 Å². The summed E-state index contributed by atoms with van der Waals surface area (Å²) in [7, 11) is 0. The van der Waals surface area contributed by atoms with Gasteiger partial charge in [-0.15, -0.1) is 0 Å². The number of carbonyl (C=O) groups is 1. The first kappa shape index (κ1) is 11.2. The molecule has 0 atom stereocenters. The summed E-state index contributed by atoms with van der Waals surface area (Å²) in [5, 5.41) is 1.16. The van der Waals surface area contributed by atoms with E-state index in [1.165, 1.54) is 0 Å². The molecule has 2 aromatic carbocycles. The van der Waals surface area contributed by atoms with Gasteiger partial charge in [0.1, 0.15) is 0 Å². The van der Waals surface area contributed by atoms with E-state index < -0.39 is 0 Å². The Morgan fingerprint density at radius 3 is 2.70 bits per heavy atom. The Hall–Kier alpha value is -2.61. The molecule has 0 bridgehead atoms. The van der Waals surface area contributed by atoms with Crippen molar-refractivity contribution < 1.29 is 4.79 Å². The lowest BCUT2D eigenvalue weighted by Gasteiger charge is -1.95. The molecular formula is C18H13NO. The maximum atomic E-state index is 12.4. The van der Waals surface area contributed by atoms with Crippen LogP contribution < -0.4 is 0 Å². The fourth-order valence-electron chi connectivity index (χ4n) is 2.87. The molecule has 1 aliphatic rings. The molecule has 20 heavy (non-hydrogen) atoms. The molecule has 0 radical (unpaired) electrons. The Balaban J connectivity index is 1.81. The zero-order valence-corrected chi connectivity index (χ0v) is 10.9. The molecule has 0 spiro atoms. The Labute approximate surface area is 116 Å². The van der Waals surface area contributed by atoms with Crippen molar-refractivity contribution in [2.24, 2.45) is 0 Å². The summed E-state index contributed by atoms with van der Waals surface area (Å²) < 4.78 is 0. The summed E-state index contributed by atoms with van der Waals surface area (Å²) >= 11 is 0. The van der Waals surface area contributed by atoms with Gasteiger partial charge in [-0.1, -0.05) is 42.5 Å². The van der Waals surface area contributed by atoms with Gasteiger partial charge in [-0.05, 0) is 17.7 Å². The van der Waals surface area contributed by atoms with E-state index in [1.54, 1.807) is 0 Å². The number of ketones is 1. The van der Waals surface area contributed by atoms with Crippen LogP contribution in [0.15, 0.2) is 60.3 Å². The van der Waals surface area contributed by atoms with E-state index in [0.29, 0.717) is 0 Å². The number of Topliss-reactive ketones (excluding diaryl/α,β-unsaturated/α-hetero) is 1. The highest BCUT2D eigenvalue weighted by Crippen LogP contribution is 2.29. The van der Waals surface area contributed by atoms with E-state index >= 15 is 0 Å². The van der Waals surface area contributed by atoms with Gasteiger partial charge in [0, 0.05) is 40.2 Å². The average Bonchev–Trinajstić information content (AvgIpc) is 3.03. The SMILES string of the molecule is O=C1/C(=C/c2c[nH]c3ccccc23)Cc2ccccc21. The first-order valence-corrected chi connectivity index (χ1v) is 6.72. The molecule has 4 rings (SSSR count). The maximum absolute atomic E-state index is 12.4. The summed E-state index contributed by atoms with van der Waals surface area (Å²) in [5.74, 6) is 0.158. The van der Waals surface area contributed by atoms with Crippen molar-refractivity contribution in [2.45, 2.75) is 6.42 Å². The van der Waals surface area contributed by atoms with E-state index in [1.807, 2.05) is 54.7 Å². The second-order valence-electron chi connectivity index (χ2n) is 5.12. The Morgan fingerprint density at radius 1 is 1.00 bits per heavy atom. The third-order valence-electron chi connectivity index (χ3n) is 3.89. The van der Waals surface area contributed by atoms with Crippen LogP contribution in [0.5, 0.6) is 0 Å². The topological polar surface area (TPSA) is 32.9 Å². The molecule has 1 heterocycles. The molecule has 3 aromatic rings. The van der Waals surface area contributed by atoms with Gasteiger partial charge >= 0.3 is 0 Å². The van der Waals surface area contributed by atoms with Crippen molar-refractivity contribution in [2.75, 3.05) is 0 Å². The molecule has 1 aliphatic carbocycles. The second kappa shape index (κ2) is 4.20. The van der Waals surface area contributed by atoms with Crippen LogP contribution in [0, 0.1) is 0 Å². The number of carbonyl (C=O) groups excluding carboxylic acids is 1. The van der Waals surface area contributed by atoms with Crippen molar-refractivity contribution in [1.29, 1.82) is 0 Å². The number of aromatic nitrogens is 1. The number of para-hydroxylation sites is 1.